The molecule has 12 nitrogen and oxygen atoms in total. The minimum absolute atomic E-state index is 0.137. The molecule has 2 aromatic heterocycles. The minimum Gasteiger partial charge on any atom is -0.454 e. The van der Waals surface area contributed by atoms with Gasteiger partial charge in [-0.15, -0.1) is 0 Å². The second-order valence-electron chi connectivity index (χ2n) is 9.09. The number of hydrogen-bond donors (Lipinski definition) is 1. The van der Waals surface area contributed by atoms with Gasteiger partial charge in [-0.2, -0.15) is 4.98 Å². The van der Waals surface area contributed by atoms with Crippen LogP contribution in [-0.2, 0) is 20.9 Å². The Hall–Kier alpha value is -4.19. The highest BCUT2D eigenvalue weighted by Crippen LogP contribution is 2.32. The first-order valence-corrected chi connectivity index (χ1v) is 12.3. The van der Waals surface area contributed by atoms with Gasteiger partial charge in [0, 0.05) is 51.4 Å². The van der Waals surface area contributed by atoms with Crippen molar-refractivity contribution in [2.75, 3.05) is 37.9 Å². The highest BCUT2D eigenvalue weighted by Gasteiger charge is 2.39. The van der Waals surface area contributed by atoms with Gasteiger partial charge in [-0.1, -0.05) is 6.07 Å². The molecule has 0 bridgehead atoms. The van der Waals surface area contributed by atoms with E-state index in [1.54, 1.807) is 40.5 Å². The van der Waals surface area contributed by atoms with Crippen LogP contribution < -0.4 is 19.7 Å². The fraction of sp³-hybridized carbons (Fsp3) is 0.400. The van der Waals surface area contributed by atoms with Crippen molar-refractivity contribution < 1.29 is 23.8 Å². The molecule has 3 aliphatic rings. The maximum absolute atomic E-state index is 13.5. The van der Waals surface area contributed by atoms with Gasteiger partial charge in [0.05, 0.1) is 0 Å². The maximum Gasteiger partial charge on any atom is 0.252 e. The van der Waals surface area contributed by atoms with Gasteiger partial charge in [0.15, 0.2) is 11.5 Å². The number of benzene rings is 1. The van der Waals surface area contributed by atoms with E-state index < -0.39 is 12.1 Å². The Morgan fingerprint density at radius 2 is 2.03 bits per heavy atom. The van der Waals surface area contributed by atoms with Crippen LogP contribution in [0.2, 0.25) is 0 Å². The van der Waals surface area contributed by atoms with Crippen LogP contribution in [0.3, 0.4) is 0 Å². The number of piperazine rings is 1. The van der Waals surface area contributed by atoms with E-state index in [0.717, 1.165) is 12.0 Å². The molecule has 12 heteroatoms. The Morgan fingerprint density at radius 1 is 1.11 bits per heavy atom. The number of rotatable bonds is 6. The number of imidazole rings is 1. The lowest BCUT2D eigenvalue weighted by molar-refractivity contribution is -0.148. The number of anilines is 1. The molecule has 3 aromatic rings. The van der Waals surface area contributed by atoms with Crippen LogP contribution in [-0.4, -0.2) is 81.4 Å². The van der Waals surface area contributed by atoms with Crippen molar-refractivity contribution in [3.63, 3.8) is 0 Å². The molecule has 2 atom stereocenters. The number of ether oxygens (including phenoxy) is 3. The molecule has 0 saturated carbocycles. The van der Waals surface area contributed by atoms with E-state index in [4.69, 9.17) is 14.2 Å². The number of fused-ring (bicyclic) bond motifs is 1. The highest BCUT2D eigenvalue weighted by atomic mass is 16.7. The number of nitrogens with one attached hydrogen (secondary N) is 1. The lowest BCUT2D eigenvalue weighted by Crippen LogP contribution is -2.62. The van der Waals surface area contributed by atoms with E-state index in [2.05, 4.69) is 20.3 Å². The van der Waals surface area contributed by atoms with Crippen LogP contribution in [0.4, 0.5) is 5.82 Å². The highest BCUT2D eigenvalue weighted by molar-refractivity contribution is 5.90. The molecule has 192 valence electrons. The van der Waals surface area contributed by atoms with Crippen LogP contribution in [0.1, 0.15) is 18.4 Å². The minimum atomic E-state index is -0.703. The van der Waals surface area contributed by atoms with Gasteiger partial charge >= 0.3 is 0 Å². The van der Waals surface area contributed by atoms with Crippen LogP contribution in [0.15, 0.2) is 49.2 Å². The van der Waals surface area contributed by atoms with Crippen LogP contribution in [0, 0.1) is 0 Å². The zero-order valence-corrected chi connectivity index (χ0v) is 20.2. The summed E-state index contributed by atoms with van der Waals surface area (Å²) < 4.78 is 18.2. The predicted molar refractivity (Wildman–Crippen MR) is 130 cm³/mol. The standard InChI is InChI=1S/C25H27N7O5/c33-23(28-13-17-3-4-19-21(12-17)37-16-36-19)18-14-30(9-10-32(18)24(34)20-2-1-11-35-20)22-5-6-27-25(29-22)31-8-7-26-15-31/h3-8,12,15,18,20H,1-2,9-11,13-14,16H2,(H,28,33). The first-order chi connectivity index (χ1) is 18.2. The Bertz CT molecular complexity index is 1280. The van der Waals surface area contributed by atoms with E-state index in [0.29, 0.717) is 62.5 Å². The van der Waals surface area contributed by atoms with Gasteiger partial charge in [-0.05, 0) is 36.6 Å². The number of carbonyl (C=O) groups excluding carboxylic acids is 2. The topological polar surface area (TPSA) is 124 Å². The second kappa shape index (κ2) is 10.1. The molecule has 3 aliphatic heterocycles. The normalized spacial score (nSPS) is 20.8. The van der Waals surface area contributed by atoms with Gasteiger partial charge in [0.25, 0.3) is 5.91 Å². The SMILES string of the molecule is O=C(NCc1ccc2c(c1)OCO2)C1CN(c2ccnc(-n3ccnc3)n2)CCN1C(=O)C1CCCO1. The quantitative estimate of drug-likeness (QED) is 0.520. The summed E-state index contributed by atoms with van der Waals surface area (Å²) >= 11 is 0. The van der Waals surface area contributed by atoms with Crippen molar-refractivity contribution in [2.24, 2.45) is 0 Å². The lowest BCUT2D eigenvalue weighted by Gasteiger charge is -2.41. The molecule has 0 spiro atoms. The summed E-state index contributed by atoms with van der Waals surface area (Å²) in [5.41, 5.74) is 0.878. The van der Waals surface area contributed by atoms with E-state index in [1.165, 1.54) is 0 Å². The first kappa shape index (κ1) is 23.2. The molecule has 2 unspecified atom stereocenters. The van der Waals surface area contributed by atoms with Gasteiger partial charge in [-0.25, -0.2) is 9.97 Å². The van der Waals surface area contributed by atoms with E-state index in [-0.39, 0.29) is 18.6 Å². The van der Waals surface area contributed by atoms with E-state index in [1.807, 2.05) is 23.1 Å². The van der Waals surface area contributed by atoms with Crippen molar-refractivity contribution in [1.82, 2.24) is 29.7 Å². The van der Waals surface area contributed by atoms with Crippen molar-refractivity contribution in [2.45, 2.75) is 31.5 Å². The van der Waals surface area contributed by atoms with Crippen molar-refractivity contribution in [3.8, 4) is 17.4 Å². The summed E-state index contributed by atoms with van der Waals surface area (Å²) in [6.07, 6.45) is 7.75. The summed E-state index contributed by atoms with van der Waals surface area (Å²) in [6, 6.07) is 6.66. The fourth-order valence-electron chi connectivity index (χ4n) is 4.81. The van der Waals surface area contributed by atoms with Gasteiger partial charge in [0.1, 0.15) is 24.3 Å². The monoisotopic (exact) mass is 505 g/mol. The number of hydrogen-bond acceptors (Lipinski definition) is 9. The molecule has 1 aromatic carbocycles. The summed E-state index contributed by atoms with van der Waals surface area (Å²) in [5, 5.41) is 3.00. The molecule has 0 aliphatic carbocycles. The average molecular weight is 506 g/mol. The third kappa shape index (κ3) is 4.79. The largest absolute Gasteiger partial charge is 0.454 e. The molecule has 0 radical (unpaired) electrons. The van der Waals surface area contributed by atoms with Crippen LogP contribution >= 0.6 is 0 Å². The lowest BCUT2D eigenvalue weighted by atomic mass is 10.1. The molecule has 5 heterocycles. The number of nitrogens with zero attached hydrogens (tertiary/aromatic N) is 6. The summed E-state index contributed by atoms with van der Waals surface area (Å²) in [7, 11) is 0. The zero-order chi connectivity index (χ0) is 25.2. The van der Waals surface area contributed by atoms with Gasteiger partial charge < -0.3 is 29.3 Å². The van der Waals surface area contributed by atoms with Crippen LogP contribution in [0.25, 0.3) is 5.95 Å². The molecule has 2 fully saturated rings. The molecule has 2 saturated heterocycles. The van der Waals surface area contributed by atoms with E-state index >= 15 is 0 Å². The average Bonchev–Trinajstić information content (AvgIpc) is 3.74. The van der Waals surface area contributed by atoms with Crippen molar-refractivity contribution in [3.05, 3.63) is 54.7 Å². The third-order valence-corrected chi connectivity index (χ3v) is 6.76. The maximum atomic E-state index is 13.5. The molecule has 6 rings (SSSR count). The molecule has 1 N–H and O–H groups in total. The second-order valence-corrected chi connectivity index (χ2v) is 9.09. The van der Waals surface area contributed by atoms with Gasteiger partial charge in [-0.3, -0.25) is 14.2 Å². The molecule has 37 heavy (non-hydrogen) atoms. The predicted octanol–water partition coefficient (Wildman–Crippen LogP) is 0.904. The summed E-state index contributed by atoms with van der Waals surface area (Å²) in [4.78, 5) is 43.5. The first-order valence-electron chi connectivity index (χ1n) is 12.3. The van der Waals surface area contributed by atoms with Crippen molar-refractivity contribution in [1.29, 1.82) is 0 Å². The smallest absolute Gasteiger partial charge is 0.252 e. The number of amides is 2. The molecule has 2 amide bonds. The van der Waals surface area contributed by atoms with E-state index in [9.17, 15) is 9.59 Å². The van der Waals surface area contributed by atoms with Gasteiger partial charge in [0.2, 0.25) is 18.6 Å². The zero-order valence-electron chi connectivity index (χ0n) is 20.2. The summed E-state index contributed by atoms with van der Waals surface area (Å²) in [5.74, 6) is 2.13. The molecular weight excluding hydrogens is 478 g/mol. The van der Waals surface area contributed by atoms with Crippen LogP contribution in [0.5, 0.6) is 11.5 Å². The Morgan fingerprint density at radius 3 is 2.86 bits per heavy atom. The molecular formula is C25H27N7O5. The third-order valence-electron chi connectivity index (χ3n) is 6.76. The summed E-state index contributed by atoms with van der Waals surface area (Å²) in [6.45, 7) is 2.26. The Kier molecular flexibility index (Phi) is 6.31. The fourth-order valence-corrected chi connectivity index (χ4v) is 4.81. The number of carbonyl (C=O) groups is 2. The Labute approximate surface area is 213 Å². The Balaban J connectivity index is 1.20. The van der Waals surface area contributed by atoms with Crippen molar-refractivity contribution >= 4 is 17.6 Å². The number of aromatic nitrogens is 4.